The van der Waals surface area contributed by atoms with Gasteiger partial charge >= 0.3 is 0 Å². The summed E-state index contributed by atoms with van der Waals surface area (Å²) in [6, 6.07) is 0. The minimum absolute atomic E-state index is 0.0171. The van der Waals surface area contributed by atoms with E-state index in [1.165, 1.54) is 0 Å². The van der Waals surface area contributed by atoms with Gasteiger partial charge in [0.2, 0.25) is 5.91 Å². The summed E-state index contributed by atoms with van der Waals surface area (Å²) >= 11 is 0. The quantitative estimate of drug-likeness (QED) is 0.598. The molecule has 0 aromatic heterocycles. The summed E-state index contributed by atoms with van der Waals surface area (Å²) in [4.78, 5) is 11.2. The highest BCUT2D eigenvalue weighted by Crippen LogP contribution is 2.06. The first-order valence-electron chi connectivity index (χ1n) is 5.53. The van der Waals surface area contributed by atoms with Crippen molar-refractivity contribution in [3.63, 3.8) is 0 Å². The Bertz CT molecular complexity index is 181. The van der Waals surface area contributed by atoms with Crippen molar-refractivity contribution in [2.24, 2.45) is 0 Å². The molecular weight excluding hydrogens is 194 g/mol. The maximum Gasteiger partial charge on any atom is 0.220 e. The molecule has 0 heterocycles. The number of unbranched alkanes of at least 4 members (excludes halogenated alkanes) is 1. The molecule has 0 saturated heterocycles. The third-order valence-corrected chi connectivity index (χ3v) is 2.06. The third-order valence-electron chi connectivity index (χ3n) is 2.06. The van der Waals surface area contributed by atoms with E-state index in [4.69, 9.17) is 9.84 Å². The van der Waals surface area contributed by atoms with E-state index < -0.39 is 5.60 Å². The average Bonchev–Trinajstić information content (AvgIpc) is 2.21. The van der Waals surface area contributed by atoms with Gasteiger partial charge in [-0.1, -0.05) is 13.3 Å². The highest BCUT2D eigenvalue weighted by atomic mass is 16.5. The maximum absolute atomic E-state index is 11.2. The highest BCUT2D eigenvalue weighted by Gasteiger charge is 2.15. The van der Waals surface area contributed by atoms with E-state index >= 15 is 0 Å². The summed E-state index contributed by atoms with van der Waals surface area (Å²) in [5.41, 5.74) is -0.520. The van der Waals surface area contributed by atoms with Crippen LogP contribution in [0.15, 0.2) is 0 Å². The van der Waals surface area contributed by atoms with Crippen molar-refractivity contribution in [3.8, 4) is 0 Å². The zero-order valence-electron chi connectivity index (χ0n) is 10.0. The van der Waals surface area contributed by atoms with E-state index in [9.17, 15) is 4.79 Å². The van der Waals surface area contributed by atoms with E-state index in [-0.39, 0.29) is 12.5 Å². The number of amides is 1. The lowest BCUT2D eigenvalue weighted by atomic mass is 10.1. The largest absolute Gasteiger partial charge is 0.393 e. The van der Waals surface area contributed by atoms with Crippen molar-refractivity contribution in [2.75, 3.05) is 19.8 Å². The zero-order chi connectivity index (χ0) is 11.7. The van der Waals surface area contributed by atoms with E-state index in [0.29, 0.717) is 19.6 Å². The molecule has 0 aromatic rings. The van der Waals surface area contributed by atoms with Gasteiger partial charge in [-0.2, -0.15) is 0 Å². The molecule has 0 aliphatic heterocycles. The molecule has 15 heavy (non-hydrogen) atoms. The van der Waals surface area contributed by atoms with Gasteiger partial charge in [-0.15, -0.1) is 0 Å². The Morgan fingerprint density at radius 1 is 1.47 bits per heavy atom. The number of hydrogen-bond donors (Lipinski definition) is 2. The predicted molar refractivity (Wildman–Crippen MR) is 59.7 cm³/mol. The molecule has 0 aliphatic carbocycles. The first kappa shape index (κ1) is 14.4. The van der Waals surface area contributed by atoms with Crippen LogP contribution in [-0.2, 0) is 9.53 Å². The molecule has 0 aliphatic rings. The predicted octanol–water partition coefficient (Wildman–Crippen LogP) is 1.08. The second-order valence-corrected chi connectivity index (χ2v) is 4.22. The fraction of sp³-hybridized carbons (Fsp3) is 0.909. The fourth-order valence-corrected chi connectivity index (χ4v) is 0.989. The molecule has 0 rings (SSSR count). The standard InChI is InChI=1S/C11H23NO3/c1-4-5-6-10(14)12-7-8-15-11(2,3)9-13/h13H,4-9H2,1-3H3,(H,12,14). The van der Waals surface area contributed by atoms with Crippen LogP contribution in [0.3, 0.4) is 0 Å². The van der Waals surface area contributed by atoms with Crippen molar-refractivity contribution in [3.05, 3.63) is 0 Å². The fourth-order valence-electron chi connectivity index (χ4n) is 0.989. The molecule has 0 radical (unpaired) electrons. The van der Waals surface area contributed by atoms with E-state index in [1.54, 1.807) is 0 Å². The van der Waals surface area contributed by atoms with Crippen LogP contribution in [-0.4, -0.2) is 36.4 Å². The summed E-state index contributed by atoms with van der Waals surface area (Å²) in [7, 11) is 0. The molecule has 0 spiro atoms. The number of carbonyl (C=O) groups is 1. The monoisotopic (exact) mass is 217 g/mol. The van der Waals surface area contributed by atoms with Crippen LogP contribution in [0.1, 0.15) is 40.0 Å². The van der Waals surface area contributed by atoms with Crippen LogP contribution in [0.4, 0.5) is 0 Å². The first-order chi connectivity index (χ1) is 7.02. The highest BCUT2D eigenvalue weighted by molar-refractivity contribution is 5.75. The van der Waals surface area contributed by atoms with Crippen molar-refractivity contribution < 1.29 is 14.6 Å². The summed E-state index contributed by atoms with van der Waals surface area (Å²) in [5, 5.41) is 11.7. The average molecular weight is 217 g/mol. The molecule has 4 nitrogen and oxygen atoms in total. The first-order valence-corrected chi connectivity index (χ1v) is 5.53. The Hall–Kier alpha value is -0.610. The van der Waals surface area contributed by atoms with Gasteiger partial charge in [0.25, 0.3) is 0 Å². The van der Waals surface area contributed by atoms with Gasteiger partial charge in [-0.25, -0.2) is 0 Å². The Morgan fingerprint density at radius 2 is 2.13 bits per heavy atom. The Labute approximate surface area is 92.0 Å². The second-order valence-electron chi connectivity index (χ2n) is 4.22. The second kappa shape index (κ2) is 7.65. The lowest BCUT2D eigenvalue weighted by Crippen LogP contribution is -2.34. The van der Waals surface area contributed by atoms with Crippen molar-refractivity contribution in [1.82, 2.24) is 5.32 Å². The lowest BCUT2D eigenvalue weighted by molar-refractivity contribution is -0.122. The van der Waals surface area contributed by atoms with Crippen molar-refractivity contribution >= 4 is 5.91 Å². The van der Waals surface area contributed by atoms with Crippen LogP contribution in [0, 0.1) is 0 Å². The number of carbonyl (C=O) groups excluding carboxylic acids is 1. The van der Waals surface area contributed by atoms with Gasteiger partial charge in [0.1, 0.15) is 0 Å². The normalized spacial score (nSPS) is 11.5. The number of hydrogen-bond acceptors (Lipinski definition) is 3. The van der Waals surface area contributed by atoms with Crippen LogP contribution in [0.5, 0.6) is 0 Å². The van der Waals surface area contributed by atoms with Gasteiger partial charge in [0.15, 0.2) is 0 Å². The molecule has 4 heteroatoms. The Kier molecular flexibility index (Phi) is 7.34. The zero-order valence-corrected chi connectivity index (χ0v) is 10.0. The number of ether oxygens (including phenoxy) is 1. The molecule has 0 saturated carbocycles. The number of aliphatic hydroxyl groups is 1. The maximum atomic E-state index is 11.2. The van der Waals surface area contributed by atoms with Crippen LogP contribution >= 0.6 is 0 Å². The molecule has 1 amide bonds. The molecular formula is C11H23NO3. The van der Waals surface area contributed by atoms with E-state index in [0.717, 1.165) is 12.8 Å². The molecule has 90 valence electrons. The topological polar surface area (TPSA) is 58.6 Å². The number of rotatable bonds is 8. The minimum atomic E-state index is -0.520. The van der Waals surface area contributed by atoms with Crippen molar-refractivity contribution in [2.45, 2.75) is 45.6 Å². The third kappa shape index (κ3) is 8.39. The molecule has 0 bridgehead atoms. The van der Waals surface area contributed by atoms with Crippen LogP contribution in [0.2, 0.25) is 0 Å². The number of aliphatic hydroxyl groups excluding tert-OH is 1. The van der Waals surface area contributed by atoms with Gasteiger partial charge < -0.3 is 15.2 Å². The molecule has 0 fully saturated rings. The summed E-state index contributed by atoms with van der Waals surface area (Å²) in [6.07, 6.45) is 2.54. The SMILES string of the molecule is CCCCC(=O)NCCOC(C)(C)CO. The number of nitrogens with one attached hydrogen (secondary N) is 1. The summed E-state index contributed by atoms with van der Waals surface area (Å²) < 4.78 is 5.37. The molecule has 2 N–H and O–H groups in total. The minimum Gasteiger partial charge on any atom is -0.393 e. The lowest BCUT2D eigenvalue weighted by Gasteiger charge is -2.22. The van der Waals surface area contributed by atoms with Gasteiger partial charge in [0.05, 0.1) is 18.8 Å². The summed E-state index contributed by atoms with van der Waals surface area (Å²) in [5.74, 6) is 0.0715. The molecule has 0 aromatic carbocycles. The van der Waals surface area contributed by atoms with Gasteiger partial charge in [0, 0.05) is 13.0 Å². The molecule has 0 atom stereocenters. The summed E-state index contributed by atoms with van der Waals surface area (Å²) in [6.45, 7) is 6.60. The van der Waals surface area contributed by atoms with Crippen molar-refractivity contribution in [1.29, 1.82) is 0 Å². The smallest absolute Gasteiger partial charge is 0.220 e. The van der Waals surface area contributed by atoms with Crippen LogP contribution < -0.4 is 5.32 Å². The van der Waals surface area contributed by atoms with E-state index in [1.807, 2.05) is 13.8 Å². The van der Waals surface area contributed by atoms with E-state index in [2.05, 4.69) is 12.2 Å². The van der Waals surface area contributed by atoms with Gasteiger partial charge in [-0.3, -0.25) is 4.79 Å². The Balaban J connectivity index is 3.42. The van der Waals surface area contributed by atoms with Gasteiger partial charge in [-0.05, 0) is 20.3 Å². The Morgan fingerprint density at radius 3 is 2.67 bits per heavy atom. The molecule has 0 unspecified atom stereocenters. The van der Waals surface area contributed by atoms with Crippen LogP contribution in [0.25, 0.3) is 0 Å².